The lowest BCUT2D eigenvalue weighted by molar-refractivity contribution is 0.0929. The molecule has 2 aromatic heterocycles. The van der Waals surface area contributed by atoms with Crippen molar-refractivity contribution >= 4 is 21.4 Å². The summed E-state index contributed by atoms with van der Waals surface area (Å²) in [7, 11) is 0. The Bertz CT molecular complexity index is 758. The molecular formula is C17H20N4OS. The zero-order valence-corrected chi connectivity index (χ0v) is 13.9. The number of fused-ring (bicyclic) bond motifs is 1. The predicted octanol–water partition coefficient (Wildman–Crippen LogP) is 3.05. The van der Waals surface area contributed by atoms with Crippen LogP contribution in [0, 0.1) is 12.8 Å². The van der Waals surface area contributed by atoms with Crippen molar-refractivity contribution in [3.8, 4) is 0 Å². The first-order valence-corrected chi connectivity index (χ1v) is 8.83. The highest BCUT2D eigenvalue weighted by molar-refractivity contribution is 7.20. The van der Waals surface area contributed by atoms with Gasteiger partial charge in [0.15, 0.2) is 0 Å². The number of rotatable bonds is 3. The Morgan fingerprint density at radius 2 is 1.96 bits per heavy atom. The maximum Gasteiger partial charge on any atom is 0.214 e. The Morgan fingerprint density at radius 3 is 2.65 bits per heavy atom. The maximum absolute atomic E-state index is 10.6. The number of aliphatic hydroxyl groups is 1. The second-order valence-electron chi connectivity index (χ2n) is 6.17. The fourth-order valence-corrected chi connectivity index (χ4v) is 4.24. The van der Waals surface area contributed by atoms with Gasteiger partial charge < -0.3 is 10.0 Å². The summed E-state index contributed by atoms with van der Waals surface area (Å²) < 4.78 is 1.86. The lowest BCUT2D eigenvalue weighted by Gasteiger charge is -2.34. The fraction of sp³-hybridized carbons (Fsp3) is 0.412. The summed E-state index contributed by atoms with van der Waals surface area (Å²) in [4.78, 5) is 7.72. The van der Waals surface area contributed by atoms with E-state index in [0.29, 0.717) is 5.92 Å². The van der Waals surface area contributed by atoms with Crippen molar-refractivity contribution in [2.75, 3.05) is 18.0 Å². The van der Waals surface area contributed by atoms with E-state index in [-0.39, 0.29) is 6.10 Å². The Labute approximate surface area is 139 Å². The van der Waals surface area contributed by atoms with Crippen LogP contribution in [0.1, 0.15) is 30.2 Å². The molecule has 1 atom stereocenters. The van der Waals surface area contributed by atoms with Crippen LogP contribution in [0.2, 0.25) is 0 Å². The molecule has 0 saturated carbocycles. The molecule has 3 heterocycles. The third kappa shape index (κ3) is 2.84. The zero-order valence-electron chi connectivity index (χ0n) is 13.1. The van der Waals surface area contributed by atoms with Crippen molar-refractivity contribution < 1.29 is 5.11 Å². The van der Waals surface area contributed by atoms with Crippen molar-refractivity contribution in [3.63, 3.8) is 0 Å². The van der Waals surface area contributed by atoms with Gasteiger partial charge in [-0.2, -0.15) is 0 Å². The average Bonchev–Trinajstić information content (AvgIpc) is 3.12. The first-order chi connectivity index (χ1) is 11.2. The first-order valence-electron chi connectivity index (χ1n) is 8.01. The van der Waals surface area contributed by atoms with Gasteiger partial charge in [-0.3, -0.25) is 0 Å². The van der Waals surface area contributed by atoms with Crippen molar-refractivity contribution in [1.82, 2.24) is 14.6 Å². The van der Waals surface area contributed by atoms with Gasteiger partial charge in [0.1, 0.15) is 0 Å². The van der Waals surface area contributed by atoms with Crippen LogP contribution in [0.3, 0.4) is 0 Å². The first kappa shape index (κ1) is 14.7. The van der Waals surface area contributed by atoms with Crippen LogP contribution in [0.15, 0.2) is 36.5 Å². The summed E-state index contributed by atoms with van der Waals surface area (Å²) in [5, 5.41) is 16.2. The number of aromatic nitrogens is 3. The summed E-state index contributed by atoms with van der Waals surface area (Å²) in [6.07, 6.45) is 3.56. The molecule has 0 unspecified atom stereocenters. The Hall–Kier alpha value is -1.92. The van der Waals surface area contributed by atoms with Gasteiger partial charge in [0, 0.05) is 13.1 Å². The SMILES string of the molecule is Cc1cn2nc(N3CCC([C@H](O)c4ccccc4)CC3)sc2n1. The van der Waals surface area contributed by atoms with Gasteiger partial charge in [-0.05, 0) is 31.2 Å². The lowest BCUT2D eigenvalue weighted by Crippen LogP contribution is -2.35. The average molecular weight is 328 g/mol. The van der Waals surface area contributed by atoms with E-state index in [1.54, 1.807) is 11.3 Å². The fourth-order valence-electron chi connectivity index (χ4n) is 3.26. The van der Waals surface area contributed by atoms with Crippen molar-refractivity contribution in [1.29, 1.82) is 0 Å². The van der Waals surface area contributed by atoms with Gasteiger partial charge >= 0.3 is 0 Å². The second-order valence-corrected chi connectivity index (χ2v) is 7.11. The standard InChI is InChI=1S/C17H20N4OS/c1-12-11-21-16(18-12)23-17(19-21)20-9-7-14(8-10-20)15(22)13-5-3-2-4-6-13/h2-6,11,14-15,22H,7-10H2,1H3/t15-/m1/s1. The third-order valence-electron chi connectivity index (χ3n) is 4.55. The summed E-state index contributed by atoms with van der Waals surface area (Å²) in [5.41, 5.74) is 2.02. The highest BCUT2D eigenvalue weighted by Gasteiger charge is 2.27. The van der Waals surface area contributed by atoms with Gasteiger partial charge in [-0.1, -0.05) is 41.7 Å². The van der Waals surface area contributed by atoms with E-state index in [9.17, 15) is 5.11 Å². The summed E-state index contributed by atoms with van der Waals surface area (Å²) in [5.74, 6) is 0.319. The molecule has 1 fully saturated rings. The quantitative estimate of drug-likeness (QED) is 0.803. The van der Waals surface area contributed by atoms with Crippen LogP contribution >= 0.6 is 11.3 Å². The van der Waals surface area contributed by atoms with E-state index < -0.39 is 0 Å². The lowest BCUT2D eigenvalue weighted by atomic mass is 9.87. The highest BCUT2D eigenvalue weighted by atomic mass is 32.1. The number of nitrogens with zero attached hydrogens (tertiary/aromatic N) is 4. The van der Waals surface area contributed by atoms with Gasteiger partial charge in [-0.25, -0.2) is 9.50 Å². The molecule has 5 nitrogen and oxygen atoms in total. The van der Waals surface area contributed by atoms with Crippen LogP contribution in [0.5, 0.6) is 0 Å². The van der Waals surface area contributed by atoms with Gasteiger partial charge in [0.05, 0.1) is 18.0 Å². The summed E-state index contributed by atoms with van der Waals surface area (Å²) in [6.45, 7) is 3.85. The number of piperidine rings is 1. The molecule has 1 aliphatic heterocycles. The van der Waals surface area contributed by atoms with Crippen molar-refractivity contribution in [3.05, 3.63) is 47.8 Å². The number of benzene rings is 1. The third-order valence-corrected chi connectivity index (χ3v) is 5.53. The molecule has 3 aromatic rings. The predicted molar refractivity (Wildman–Crippen MR) is 91.9 cm³/mol. The van der Waals surface area contributed by atoms with Crippen molar-refractivity contribution in [2.45, 2.75) is 25.9 Å². The minimum absolute atomic E-state index is 0.319. The number of aliphatic hydroxyl groups excluding tert-OH is 1. The molecule has 23 heavy (non-hydrogen) atoms. The van der Waals surface area contributed by atoms with Crippen LogP contribution in [0.25, 0.3) is 4.96 Å². The summed E-state index contributed by atoms with van der Waals surface area (Å²) in [6, 6.07) is 9.98. The van der Waals surface area contributed by atoms with E-state index in [1.807, 2.05) is 48.0 Å². The number of hydrogen-bond donors (Lipinski definition) is 1. The molecule has 1 aliphatic rings. The minimum atomic E-state index is -0.366. The van der Waals surface area contributed by atoms with Gasteiger partial charge in [0.25, 0.3) is 0 Å². The van der Waals surface area contributed by atoms with E-state index in [4.69, 9.17) is 0 Å². The zero-order chi connectivity index (χ0) is 15.8. The molecule has 1 N–H and O–H groups in total. The Morgan fingerprint density at radius 1 is 1.22 bits per heavy atom. The molecule has 1 aromatic carbocycles. The Kier molecular flexibility index (Phi) is 3.79. The van der Waals surface area contributed by atoms with E-state index in [0.717, 1.165) is 47.3 Å². The Balaban J connectivity index is 1.43. The molecule has 0 amide bonds. The molecule has 120 valence electrons. The molecule has 0 spiro atoms. The second kappa shape index (κ2) is 5.94. The van der Waals surface area contributed by atoms with Gasteiger partial charge in [-0.15, -0.1) is 5.10 Å². The number of hydrogen-bond acceptors (Lipinski definition) is 5. The topological polar surface area (TPSA) is 53.7 Å². The molecule has 1 saturated heterocycles. The summed E-state index contributed by atoms with van der Waals surface area (Å²) >= 11 is 1.63. The molecule has 6 heteroatoms. The van der Waals surface area contributed by atoms with Crippen LogP contribution in [-0.4, -0.2) is 32.8 Å². The van der Waals surface area contributed by atoms with E-state index >= 15 is 0 Å². The minimum Gasteiger partial charge on any atom is -0.388 e. The van der Waals surface area contributed by atoms with Gasteiger partial charge in [0.2, 0.25) is 10.1 Å². The molecule has 0 bridgehead atoms. The van der Waals surface area contributed by atoms with E-state index in [2.05, 4.69) is 15.0 Å². The molecule has 0 aliphatic carbocycles. The highest BCUT2D eigenvalue weighted by Crippen LogP contribution is 2.33. The number of imidazole rings is 1. The van der Waals surface area contributed by atoms with Crippen LogP contribution in [-0.2, 0) is 0 Å². The van der Waals surface area contributed by atoms with Crippen molar-refractivity contribution in [2.24, 2.45) is 5.92 Å². The molecule has 0 radical (unpaired) electrons. The number of aryl methyl sites for hydroxylation is 1. The van der Waals surface area contributed by atoms with E-state index in [1.165, 1.54) is 0 Å². The number of anilines is 1. The molecular weight excluding hydrogens is 308 g/mol. The largest absolute Gasteiger partial charge is 0.388 e. The molecule has 4 rings (SSSR count). The normalized spacial score (nSPS) is 17.7. The smallest absolute Gasteiger partial charge is 0.214 e. The monoisotopic (exact) mass is 328 g/mol. The maximum atomic E-state index is 10.6. The van der Waals surface area contributed by atoms with Crippen LogP contribution < -0.4 is 4.90 Å². The van der Waals surface area contributed by atoms with Crippen LogP contribution in [0.4, 0.5) is 5.13 Å².